The molecule has 2 atom stereocenters. The number of hydrogen-bond acceptors (Lipinski definition) is 4. The number of carboxylic acids is 1. The number of benzene rings is 1. The van der Waals surface area contributed by atoms with E-state index in [1.807, 2.05) is 6.92 Å². The molecule has 6 heteroatoms. The van der Waals surface area contributed by atoms with Gasteiger partial charge in [0.2, 0.25) is 5.91 Å². The summed E-state index contributed by atoms with van der Waals surface area (Å²) in [5, 5.41) is 11.1. The lowest BCUT2D eigenvalue weighted by atomic mass is 9.79. The van der Waals surface area contributed by atoms with Crippen molar-refractivity contribution in [2.24, 2.45) is 11.8 Å². The van der Waals surface area contributed by atoms with E-state index >= 15 is 0 Å². The van der Waals surface area contributed by atoms with Crippen LogP contribution < -0.4 is 16.0 Å². The van der Waals surface area contributed by atoms with E-state index in [2.05, 4.69) is 10.9 Å². The smallest absolute Gasteiger partial charge is 0.269 e. The molecule has 0 saturated heterocycles. The second-order valence-electron chi connectivity index (χ2n) is 5.63. The average Bonchev–Trinajstić information content (AvgIpc) is 2.53. The summed E-state index contributed by atoms with van der Waals surface area (Å²) in [6.45, 7) is 1.91. The van der Waals surface area contributed by atoms with Crippen molar-refractivity contribution >= 4 is 17.8 Å². The molecule has 0 bridgehead atoms. The lowest BCUT2D eigenvalue weighted by molar-refractivity contribution is -0.314. The quantitative estimate of drug-likeness (QED) is 0.785. The zero-order valence-electron chi connectivity index (χ0n) is 12.4. The lowest BCUT2D eigenvalue weighted by Gasteiger charge is -2.31. The molecule has 2 N–H and O–H groups in total. The van der Waals surface area contributed by atoms with Gasteiger partial charge in [-0.2, -0.15) is 0 Å². The maximum atomic E-state index is 12.1. The summed E-state index contributed by atoms with van der Waals surface area (Å²) in [6.07, 6.45) is 2.50. The fourth-order valence-electron chi connectivity index (χ4n) is 2.71. The first-order valence-electron chi connectivity index (χ1n) is 7.37. The van der Waals surface area contributed by atoms with Crippen molar-refractivity contribution < 1.29 is 19.5 Å². The lowest BCUT2D eigenvalue weighted by Crippen LogP contribution is -2.49. The topological polar surface area (TPSA) is 98.3 Å². The fourth-order valence-corrected chi connectivity index (χ4v) is 2.71. The average molecular weight is 303 g/mol. The highest BCUT2D eigenvalue weighted by atomic mass is 16.4. The molecular formula is C16H19N2O4-. The van der Waals surface area contributed by atoms with Crippen LogP contribution in [0.25, 0.3) is 0 Å². The fraction of sp³-hybridized carbons (Fsp3) is 0.438. The zero-order chi connectivity index (χ0) is 16.1. The van der Waals surface area contributed by atoms with Crippen molar-refractivity contribution in [3.63, 3.8) is 0 Å². The standard InChI is InChI=1S/C16H20N2O4/c1-10-6-8-11(9-7-10)14(19)17-18-15(20)12-4-2-3-5-13(12)16(21)22/h6-9,12-13H,2-5H2,1H3,(H,17,19)(H,18,20)(H,21,22)/p-1/t12-,13+/m1/s1. The van der Waals surface area contributed by atoms with Crippen LogP contribution in [0.15, 0.2) is 24.3 Å². The van der Waals surface area contributed by atoms with Crippen molar-refractivity contribution in [2.45, 2.75) is 32.6 Å². The number of carbonyl (C=O) groups excluding carboxylic acids is 3. The maximum Gasteiger partial charge on any atom is 0.269 e. The summed E-state index contributed by atoms with van der Waals surface area (Å²) in [7, 11) is 0. The van der Waals surface area contributed by atoms with Crippen molar-refractivity contribution in [1.82, 2.24) is 10.9 Å². The van der Waals surface area contributed by atoms with Crippen LogP contribution in [0.4, 0.5) is 0 Å². The Balaban J connectivity index is 1.92. The van der Waals surface area contributed by atoms with Gasteiger partial charge in [0, 0.05) is 23.4 Å². The van der Waals surface area contributed by atoms with Gasteiger partial charge < -0.3 is 9.90 Å². The first kappa shape index (κ1) is 16.0. The molecular weight excluding hydrogens is 284 g/mol. The summed E-state index contributed by atoms with van der Waals surface area (Å²) in [4.78, 5) is 35.1. The molecule has 1 aromatic carbocycles. The molecule has 1 aliphatic rings. The molecule has 0 unspecified atom stereocenters. The van der Waals surface area contributed by atoms with Crippen LogP contribution in [0.3, 0.4) is 0 Å². The molecule has 2 rings (SSSR count). The van der Waals surface area contributed by atoms with Crippen LogP contribution in [0.1, 0.15) is 41.6 Å². The molecule has 2 amide bonds. The summed E-state index contributed by atoms with van der Waals surface area (Å²) in [5.74, 6) is -3.56. The van der Waals surface area contributed by atoms with E-state index in [0.29, 0.717) is 18.4 Å². The molecule has 1 fully saturated rings. The van der Waals surface area contributed by atoms with Crippen LogP contribution >= 0.6 is 0 Å². The minimum absolute atomic E-state index is 0.422. The van der Waals surface area contributed by atoms with Gasteiger partial charge >= 0.3 is 0 Å². The van der Waals surface area contributed by atoms with Crippen molar-refractivity contribution in [3.8, 4) is 0 Å². The maximum absolute atomic E-state index is 12.1. The van der Waals surface area contributed by atoms with Crippen molar-refractivity contribution in [3.05, 3.63) is 35.4 Å². The number of carboxylic acid groups (broad SMARTS) is 1. The van der Waals surface area contributed by atoms with E-state index in [4.69, 9.17) is 0 Å². The van der Waals surface area contributed by atoms with Gasteiger partial charge in [0.15, 0.2) is 0 Å². The normalized spacial score (nSPS) is 21.0. The van der Waals surface area contributed by atoms with Crippen molar-refractivity contribution in [2.75, 3.05) is 0 Å². The van der Waals surface area contributed by atoms with Gasteiger partial charge in [-0.25, -0.2) is 0 Å². The highest BCUT2D eigenvalue weighted by Crippen LogP contribution is 2.29. The van der Waals surface area contributed by atoms with Crippen LogP contribution in [0.2, 0.25) is 0 Å². The third-order valence-corrected chi connectivity index (χ3v) is 4.02. The van der Waals surface area contributed by atoms with Gasteiger partial charge in [0.05, 0.1) is 0 Å². The van der Waals surface area contributed by atoms with Crippen molar-refractivity contribution in [1.29, 1.82) is 0 Å². The second kappa shape index (κ2) is 7.06. The van der Waals surface area contributed by atoms with Gasteiger partial charge in [0.25, 0.3) is 5.91 Å². The SMILES string of the molecule is Cc1ccc(C(=O)NNC(=O)[C@@H]2CCCC[C@@H]2C(=O)[O-])cc1. The number of hydrogen-bond donors (Lipinski definition) is 2. The Morgan fingerprint density at radius 3 is 2.18 bits per heavy atom. The van der Waals surface area contributed by atoms with Gasteiger partial charge in [0.1, 0.15) is 0 Å². The summed E-state index contributed by atoms with van der Waals surface area (Å²) >= 11 is 0. The summed E-state index contributed by atoms with van der Waals surface area (Å²) in [5.41, 5.74) is 6.09. The molecule has 22 heavy (non-hydrogen) atoms. The van der Waals surface area contributed by atoms with Gasteiger partial charge in [-0.1, -0.05) is 30.5 Å². The minimum atomic E-state index is -1.20. The monoisotopic (exact) mass is 303 g/mol. The first-order chi connectivity index (χ1) is 10.5. The summed E-state index contributed by atoms with van der Waals surface area (Å²) in [6, 6.07) is 6.90. The van der Waals surface area contributed by atoms with E-state index in [0.717, 1.165) is 18.4 Å². The molecule has 0 radical (unpaired) electrons. The number of carbonyl (C=O) groups is 3. The number of amides is 2. The highest BCUT2D eigenvalue weighted by Gasteiger charge is 2.31. The number of hydrazine groups is 1. The zero-order valence-corrected chi connectivity index (χ0v) is 12.4. The number of rotatable bonds is 3. The molecule has 0 spiro atoms. The third kappa shape index (κ3) is 3.84. The predicted octanol–water partition coefficient (Wildman–Crippen LogP) is 0.312. The Kier molecular flexibility index (Phi) is 5.14. The Labute approximate surface area is 128 Å². The molecule has 1 aliphatic carbocycles. The van der Waals surface area contributed by atoms with E-state index < -0.39 is 29.6 Å². The largest absolute Gasteiger partial charge is 0.550 e. The van der Waals surface area contributed by atoms with E-state index in [1.165, 1.54) is 0 Å². The molecule has 0 heterocycles. The van der Waals surface area contributed by atoms with Crippen LogP contribution in [-0.2, 0) is 9.59 Å². The summed E-state index contributed by atoms with van der Waals surface area (Å²) < 4.78 is 0. The molecule has 118 valence electrons. The van der Waals surface area contributed by atoms with Gasteiger partial charge in [-0.05, 0) is 31.9 Å². The first-order valence-corrected chi connectivity index (χ1v) is 7.37. The predicted molar refractivity (Wildman–Crippen MR) is 77.2 cm³/mol. The Morgan fingerprint density at radius 1 is 1.00 bits per heavy atom. The van der Waals surface area contributed by atoms with E-state index in [1.54, 1.807) is 24.3 Å². The minimum Gasteiger partial charge on any atom is -0.550 e. The number of aryl methyl sites for hydroxylation is 1. The number of aliphatic carboxylic acids is 1. The molecule has 6 nitrogen and oxygen atoms in total. The van der Waals surface area contributed by atoms with Crippen LogP contribution in [-0.4, -0.2) is 17.8 Å². The molecule has 1 saturated carbocycles. The second-order valence-corrected chi connectivity index (χ2v) is 5.63. The molecule has 1 aromatic rings. The third-order valence-electron chi connectivity index (χ3n) is 4.02. The molecule has 0 aromatic heterocycles. The van der Waals surface area contributed by atoms with E-state index in [9.17, 15) is 19.5 Å². The Bertz CT molecular complexity index is 568. The van der Waals surface area contributed by atoms with Gasteiger partial charge in [-0.15, -0.1) is 0 Å². The Hall–Kier alpha value is -2.37. The number of nitrogens with one attached hydrogen (secondary N) is 2. The van der Waals surface area contributed by atoms with Crippen LogP contribution in [0.5, 0.6) is 0 Å². The van der Waals surface area contributed by atoms with Gasteiger partial charge in [-0.3, -0.25) is 20.4 Å². The highest BCUT2D eigenvalue weighted by molar-refractivity contribution is 5.95. The Morgan fingerprint density at radius 2 is 1.59 bits per heavy atom. The van der Waals surface area contributed by atoms with E-state index in [-0.39, 0.29) is 0 Å². The van der Waals surface area contributed by atoms with Crippen LogP contribution in [0, 0.1) is 18.8 Å². The molecule has 0 aliphatic heterocycles.